The van der Waals surface area contributed by atoms with Crippen molar-refractivity contribution < 1.29 is 18.3 Å². The van der Waals surface area contributed by atoms with Crippen molar-refractivity contribution in [2.24, 2.45) is 5.73 Å². The molecule has 4 aromatic rings. The Balaban J connectivity index is 1.49. The van der Waals surface area contributed by atoms with Crippen LogP contribution in [0, 0.1) is 5.41 Å². The standard InChI is InChI=1S/C31H37N5O4S/c1-31(2,3)40-30(37)34-24-13-15-25(16-14-24)36(41(38)39)28-18-21-11-12-22(29(32)33)17-27(21)35(28)19-23-9-6-8-20-7-4-5-10-26(20)23/h4-12,17-18,24-25H,13-16,19H2,1-3H3,(H3,32,33)(H,34,37)(H,38,39)/p-1. The summed E-state index contributed by atoms with van der Waals surface area (Å²) in [5.41, 5.74) is 7.66. The summed E-state index contributed by atoms with van der Waals surface area (Å²) in [6, 6.07) is 21.3. The molecule has 1 amide bonds. The molecule has 5 rings (SSSR count). The number of nitrogens with one attached hydrogen (secondary N) is 2. The number of benzene rings is 3. The van der Waals surface area contributed by atoms with E-state index < -0.39 is 23.0 Å². The van der Waals surface area contributed by atoms with Gasteiger partial charge in [0.05, 0.1) is 12.1 Å². The molecular formula is C31H36N5O4S-. The van der Waals surface area contributed by atoms with E-state index in [1.54, 1.807) is 6.07 Å². The van der Waals surface area contributed by atoms with E-state index in [0.29, 0.717) is 43.6 Å². The highest BCUT2D eigenvalue weighted by molar-refractivity contribution is 7.80. The van der Waals surface area contributed by atoms with Gasteiger partial charge in [-0.3, -0.25) is 13.9 Å². The molecule has 1 fully saturated rings. The lowest BCUT2D eigenvalue weighted by Gasteiger charge is -2.39. The minimum atomic E-state index is -2.54. The third-order valence-corrected chi connectivity index (χ3v) is 8.34. The van der Waals surface area contributed by atoms with E-state index in [2.05, 4.69) is 29.6 Å². The minimum Gasteiger partial charge on any atom is -0.755 e. The molecule has 1 aliphatic carbocycles. The van der Waals surface area contributed by atoms with E-state index in [1.165, 1.54) is 4.31 Å². The first-order valence-electron chi connectivity index (χ1n) is 13.8. The lowest BCUT2D eigenvalue weighted by molar-refractivity contribution is 0.0491. The highest BCUT2D eigenvalue weighted by Gasteiger charge is 2.31. The second kappa shape index (κ2) is 11.5. The van der Waals surface area contributed by atoms with Crippen LogP contribution in [-0.2, 0) is 22.5 Å². The number of hydrogen-bond acceptors (Lipinski definition) is 5. The fourth-order valence-corrected chi connectivity index (χ4v) is 6.43. The number of amides is 1. The molecule has 3 aromatic carbocycles. The molecule has 1 heterocycles. The van der Waals surface area contributed by atoms with Crippen LogP contribution in [0.4, 0.5) is 10.6 Å². The van der Waals surface area contributed by atoms with Gasteiger partial charge < -0.3 is 24.9 Å². The Morgan fingerprint density at radius 3 is 2.46 bits per heavy atom. The Bertz CT molecular complexity index is 1610. The molecule has 216 valence electrons. The molecule has 0 bridgehead atoms. The summed E-state index contributed by atoms with van der Waals surface area (Å²) < 4.78 is 34.6. The van der Waals surface area contributed by atoms with Crippen molar-refractivity contribution in [2.75, 3.05) is 4.31 Å². The number of rotatable bonds is 7. The maximum atomic E-state index is 12.9. The molecule has 0 aliphatic heterocycles. The fraction of sp³-hybridized carbons (Fsp3) is 0.355. The molecule has 1 aromatic heterocycles. The van der Waals surface area contributed by atoms with Gasteiger partial charge in [-0.25, -0.2) is 4.79 Å². The number of hydrogen-bond donors (Lipinski definition) is 3. The average Bonchev–Trinajstić information content (AvgIpc) is 3.25. The number of nitrogens with two attached hydrogens (primary N) is 1. The van der Waals surface area contributed by atoms with Crippen molar-refractivity contribution in [1.29, 1.82) is 5.41 Å². The first-order valence-corrected chi connectivity index (χ1v) is 14.9. The van der Waals surface area contributed by atoms with Crippen molar-refractivity contribution in [3.8, 4) is 0 Å². The van der Waals surface area contributed by atoms with Crippen LogP contribution in [0.25, 0.3) is 21.7 Å². The Kier molecular flexibility index (Phi) is 8.06. The predicted molar refractivity (Wildman–Crippen MR) is 163 cm³/mol. The Hall–Kier alpha value is -3.89. The molecule has 1 unspecified atom stereocenters. The minimum absolute atomic E-state index is 0.0496. The molecule has 0 spiro atoms. The van der Waals surface area contributed by atoms with E-state index in [-0.39, 0.29) is 17.9 Å². The Labute approximate surface area is 242 Å². The summed E-state index contributed by atoms with van der Waals surface area (Å²) in [6.45, 7) is 5.90. The van der Waals surface area contributed by atoms with Gasteiger partial charge in [-0.2, -0.15) is 0 Å². The van der Waals surface area contributed by atoms with Crippen molar-refractivity contribution >= 4 is 50.7 Å². The van der Waals surface area contributed by atoms with Crippen LogP contribution in [-0.4, -0.2) is 42.9 Å². The molecule has 9 nitrogen and oxygen atoms in total. The number of nitrogen functional groups attached to an aromatic ring is 1. The van der Waals surface area contributed by atoms with Gasteiger partial charge in [0.15, 0.2) is 0 Å². The van der Waals surface area contributed by atoms with Crippen molar-refractivity contribution in [3.05, 3.63) is 77.9 Å². The monoisotopic (exact) mass is 574 g/mol. The van der Waals surface area contributed by atoms with E-state index in [4.69, 9.17) is 15.9 Å². The molecule has 1 atom stereocenters. The fourth-order valence-electron chi connectivity index (χ4n) is 5.67. The van der Waals surface area contributed by atoms with Crippen LogP contribution in [0.15, 0.2) is 66.7 Å². The molecule has 0 radical (unpaired) electrons. The zero-order chi connectivity index (χ0) is 29.3. The Morgan fingerprint density at radius 2 is 1.78 bits per heavy atom. The van der Waals surface area contributed by atoms with Gasteiger partial charge in [-0.15, -0.1) is 0 Å². The van der Waals surface area contributed by atoms with Gasteiger partial charge in [-0.1, -0.05) is 54.6 Å². The lowest BCUT2D eigenvalue weighted by Crippen LogP contribution is -2.46. The number of alkyl carbamates (subject to hydrolysis) is 1. The van der Waals surface area contributed by atoms with Gasteiger partial charge >= 0.3 is 6.09 Å². The van der Waals surface area contributed by atoms with E-state index in [0.717, 1.165) is 27.2 Å². The second-order valence-electron chi connectivity index (χ2n) is 11.6. The maximum Gasteiger partial charge on any atom is 0.407 e. The van der Waals surface area contributed by atoms with Crippen LogP contribution in [0.2, 0.25) is 0 Å². The third kappa shape index (κ3) is 6.39. The van der Waals surface area contributed by atoms with E-state index >= 15 is 0 Å². The summed E-state index contributed by atoms with van der Waals surface area (Å²) in [5, 5.41) is 14.0. The van der Waals surface area contributed by atoms with Gasteiger partial charge in [0, 0.05) is 34.3 Å². The zero-order valence-electron chi connectivity index (χ0n) is 23.6. The van der Waals surface area contributed by atoms with Crippen LogP contribution < -0.4 is 15.4 Å². The van der Waals surface area contributed by atoms with Crippen LogP contribution in [0.3, 0.4) is 0 Å². The first-order chi connectivity index (χ1) is 19.5. The number of fused-ring (bicyclic) bond motifs is 2. The number of amidine groups is 1. The van der Waals surface area contributed by atoms with Gasteiger partial charge in [0.1, 0.15) is 17.3 Å². The summed E-state index contributed by atoms with van der Waals surface area (Å²) >= 11 is -2.54. The van der Waals surface area contributed by atoms with Gasteiger partial charge in [-0.05, 0) is 74.9 Å². The molecule has 0 saturated heterocycles. The normalized spacial score (nSPS) is 18.2. The predicted octanol–water partition coefficient (Wildman–Crippen LogP) is 5.56. The summed E-state index contributed by atoms with van der Waals surface area (Å²) in [7, 11) is 0. The number of carbonyl (C=O) groups excluding carboxylic acids is 1. The summed E-state index contributed by atoms with van der Waals surface area (Å²) in [5.74, 6) is 0.511. The second-order valence-corrected chi connectivity index (χ2v) is 12.4. The smallest absolute Gasteiger partial charge is 0.407 e. The SMILES string of the molecule is CC(C)(C)OC(=O)NC1CCC(N(c2cc3ccc(C(=N)N)cc3n2Cc2cccc3ccccc23)S(=O)[O-])CC1. The molecule has 1 saturated carbocycles. The van der Waals surface area contributed by atoms with Crippen molar-refractivity contribution in [2.45, 2.75) is 70.7 Å². The number of ether oxygens (including phenoxy) is 1. The molecular weight excluding hydrogens is 538 g/mol. The third-order valence-electron chi connectivity index (χ3n) is 7.54. The topological polar surface area (TPSA) is 136 Å². The van der Waals surface area contributed by atoms with Gasteiger partial charge in [0.2, 0.25) is 0 Å². The molecule has 41 heavy (non-hydrogen) atoms. The van der Waals surface area contributed by atoms with Crippen LogP contribution in [0.5, 0.6) is 0 Å². The molecule has 4 N–H and O–H groups in total. The maximum absolute atomic E-state index is 12.9. The van der Waals surface area contributed by atoms with Crippen molar-refractivity contribution in [1.82, 2.24) is 9.88 Å². The Morgan fingerprint density at radius 1 is 1.07 bits per heavy atom. The largest absolute Gasteiger partial charge is 0.755 e. The molecule has 1 aliphatic rings. The quantitative estimate of drug-likeness (QED) is 0.151. The number of aromatic nitrogens is 1. The van der Waals surface area contributed by atoms with E-state index in [1.807, 2.05) is 61.7 Å². The molecule has 10 heteroatoms. The van der Waals surface area contributed by atoms with E-state index in [9.17, 15) is 13.6 Å². The average molecular weight is 575 g/mol. The number of anilines is 1. The van der Waals surface area contributed by atoms with Crippen LogP contribution in [0.1, 0.15) is 57.6 Å². The highest BCUT2D eigenvalue weighted by Crippen LogP contribution is 2.35. The highest BCUT2D eigenvalue weighted by atomic mass is 32.2. The lowest BCUT2D eigenvalue weighted by atomic mass is 9.91. The zero-order valence-corrected chi connectivity index (χ0v) is 24.4. The summed E-state index contributed by atoms with van der Waals surface area (Å²) in [6.07, 6.45) is 1.98. The first kappa shape index (κ1) is 28.6. The number of nitrogens with zero attached hydrogens (tertiary/aromatic N) is 2. The summed E-state index contributed by atoms with van der Waals surface area (Å²) in [4.78, 5) is 12.3. The van der Waals surface area contributed by atoms with Gasteiger partial charge in [0.25, 0.3) is 0 Å². The van der Waals surface area contributed by atoms with Crippen molar-refractivity contribution in [3.63, 3.8) is 0 Å². The van der Waals surface area contributed by atoms with Crippen LogP contribution >= 0.6 is 0 Å². The number of carbonyl (C=O) groups is 1.